The van der Waals surface area contributed by atoms with Gasteiger partial charge in [0.2, 0.25) is 0 Å². The largest absolute Gasteiger partial charge is 0.497 e. The third-order valence-electron chi connectivity index (χ3n) is 3.93. The second-order valence-corrected chi connectivity index (χ2v) is 5.63. The van der Waals surface area contributed by atoms with Gasteiger partial charge in [-0.3, -0.25) is 4.68 Å². The molecule has 4 aromatic rings. The predicted molar refractivity (Wildman–Crippen MR) is 94.7 cm³/mol. The molecule has 0 radical (unpaired) electrons. The molecule has 0 amide bonds. The van der Waals surface area contributed by atoms with Crippen molar-refractivity contribution in [1.82, 2.24) is 24.8 Å². The lowest BCUT2D eigenvalue weighted by Gasteiger charge is -2.01. The van der Waals surface area contributed by atoms with Crippen LogP contribution in [-0.2, 0) is 6.54 Å². The van der Waals surface area contributed by atoms with Crippen molar-refractivity contribution in [3.05, 3.63) is 78.6 Å². The number of hydrogen-bond acceptors (Lipinski definition) is 4. The van der Waals surface area contributed by atoms with E-state index in [1.165, 1.54) is 5.56 Å². The summed E-state index contributed by atoms with van der Waals surface area (Å²) in [4.78, 5) is 0. The van der Waals surface area contributed by atoms with Crippen LogP contribution >= 0.6 is 0 Å². The maximum atomic E-state index is 5.18. The Morgan fingerprint density at radius 2 is 1.76 bits per heavy atom. The number of rotatable bonds is 5. The second-order valence-electron chi connectivity index (χ2n) is 5.63. The van der Waals surface area contributed by atoms with Crippen LogP contribution in [0.15, 0.2) is 73.1 Å². The average Bonchev–Trinajstić information content (AvgIpc) is 3.32. The van der Waals surface area contributed by atoms with Crippen molar-refractivity contribution in [1.29, 1.82) is 0 Å². The maximum Gasteiger partial charge on any atom is 0.176 e. The van der Waals surface area contributed by atoms with Gasteiger partial charge >= 0.3 is 0 Å². The zero-order valence-corrected chi connectivity index (χ0v) is 13.8. The first-order chi connectivity index (χ1) is 12.3. The standard InChI is InChI=1S/C19H17N5O/c1-25-17-9-7-16(8-10-17)18-14-24(22-20-18)19-11-12-23(21-19)13-15-5-3-2-4-6-15/h2-12,14H,13H2,1H3. The minimum Gasteiger partial charge on any atom is -0.497 e. The van der Waals surface area contributed by atoms with Gasteiger partial charge in [-0.15, -0.1) is 5.10 Å². The van der Waals surface area contributed by atoms with E-state index in [0.717, 1.165) is 29.4 Å². The predicted octanol–water partition coefficient (Wildman–Crippen LogP) is 3.19. The zero-order chi connectivity index (χ0) is 17.1. The van der Waals surface area contributed by atoms with E-state index in [0.29, 0.717) is 0 Å². The maximum absolute atomic E-state index is 5.18. The first-order valence-corrected chi connectivity index (χ1v) is 7.96. The summed E-state index contributed by atoms with van der Waals surface area (Å²) < 4.78 is 8.75. The molecule has 6 heteroatoms. The molecule has 0 aliphatic heterocycles. The van der Waals surface area contributed by atoms with Crippen molar-refractivity contribution in [3.63, 3.8) is 0 Å². The van der Waals surface area contributed by atoms with Crippen LogP contribution in [0.25, 0.3) is 17.1 Å². The molecule has 0 saturated carbocycles. The third-order valence-corrected chi connectivity index (χ3v) is 3.93. The lowest BCUT2D eigenvalue weighted by Crippen LogP contribution is -2.02. The molecule has 0 aliphatic rings. The fraction of sp³-hybridized carbons (Fsp3) is 0.105. The van der Waals surface area contributed by atoms with Crippen LogP contribution in [0, 0.1) is 0 Å². The highest BCUT2D eigenvalue weighted by Gasteiger charge is 2.08. The van der Waals surface area contributed by atoms with E-state index in [9.17, 15) is 0 Å². The van der Waals surface area contributed by atoms with Crippen molar-refractivity contribution < 1.29 is 4.74 Å². The van der Waals surface area contributed by atoms with Gasteiger partial charge in [-0.25, -0.2) is 0 Å². The van der Waals surface area contributed by atoms with Crippen molar-refractivity contribution in [2.24, 2.45) is 0 Å². The van der Waals surface area contributed by atoms with Gasteiger partial charge in [0.25, 0.3) is 0 Å². The molecule has 0 atom stereocenters. The van der Waals surface area contributed by atoms with E-state index in [1.807, 2.05) is 65.6 Å². The van der Waals surface area contributed by atoms with Gasteiger partial charge in [-0.2, -0.15) is 9.78 Å². The fourth-order valence-electron chi connectivity index (χ4n) is 2.60. The van der Waals surface area contributed by atoms with E-state index < -0.39 is 0 Å². The van der Waals surface area contributed by atoms with Gasteiger partial charge in [-0.05, 0) is 29.8 Å². The van der Waals surface area contributed by atoms with Crippen molar-refractivity contribution in [3.8, 4) is 22.8 Å². The minimum absolute atomic E-state index is 0.723. The molecular weight excluding hydrogens is 314 g/mol. The lowest BCUT2D eigenvalue weighted by atomic mass is 10.2. The Labute approximate surface area is 145 Å². The molecular formula is C19H17N5O. The highest BCUT2D eigenvalue weighted by atomic mass is 16.5. The quantitative estimate of drug-likeness (QED) is 0.563. The van der Waals surface area contributed by atoms with Crippen molar-refractivity contribution in [2.75, 3.05) is 7.11 Å². The number of benzene rings is 2. The summed E-state index contributed by atoms with van der Waals surface area (Å²) in [6.45, 7) is 0.723. The summed E-state index contributed by atoms with van der Waals surface area (Å²) >= 11 is 0. The van der Waals surface area contributed by atoms with Crippen molar-refractivity contribution >= 4 is 0 Å². The van der Waals surface area contributed by atoms with Crippen molar-refractivity contribution in [2.45, 2.75) is 6.54 Å². The van der Waals surface area contributed by atoms with E-state index >= 15 is 0 Å². The molecule has 0 saturated heterocycles. The first kappa shape index (κ1) is 15.1. The van der Waals surface area contributed by atoms with Crippen LogP contribution in [-0.4, -0.2) is 31.9 Å². The molecule has 0 unspecified atom stereocenters. The Morgan fingerprint density at radius 3 is 2.52 bits per heavy atom. The van der Waals surface area contributed by atoms with Crippen LogP contribution < -0.4 is 4.74 Å². The number of aromatic nitrogens is 5. The summed E-state index contributed by atoms with van der Waals surface area (Å²) in [6, 6.07) is 19.9. The van der Waals surface area contributed by atoms with Gasteiger partial charge in [0.05, 0.1) is 19.9 Å². The smallest absolute Gasteiger partial charge is 0.176 e. The van der Waals surface area contributed by atoms with E-state index in [1.54, 1.807) is 11.8 Å². The lowest BCUT2D eigenvalue weighted by molar-refractivity contribution is 0.415. The molecule has 0 aliphatic carbocycles. The van der Waals surface area contributed by atoms with Gasteiger partial charge in [0.15, 0.2) is 5.82 Å². The topological polar surface area (TPSA) is 57.8 Å². The molecule has 2 aromatic heterocycles. The molecule has 0 fully saturated rings. The summed E-state index contributed by atoms with van der Waals surface area (Å²) in [5.41, 5.74) is 2.98. The zero-order valence-electron chi connectivity index (χ0n) is 13.8. The normalized spacial score (nSPS) is 10.8. The van der Waals surface area contributed by atoms with Crippen LogP contribution in [0.4, 0.5) is 0 Å². The fourth-order valence-corrected chi connectivity index (χ4v) is 2.60. The summed E-state index contributed by atoms with van der Waals surface area (Å²) in [5.74, 6) is 1.55. The monoisotopic (exact) mass is 331 g/mol. The summed E-state index contributed by atoms with van der Waals surface area (Å²) in [5, 5.41) is 13.0. The second kappa shape index (κ2) is 6.60. The number of methoxy groups -OCH3 is 1. The van der Waals surface area contributed by atoms with Crippen LogP contribution in [0.5, 0.6) is 5.75 Å². The van der Waals surface area contributed by atoms with Gasteiger partial charge in [0, 0.05) is 17.8 Å². The summed E-state index contributed by atoms with van der Waals surface area (Å²) in [6.07, 6.45) is 3.81. The van der Waals surface area contributed by atoms with Gasteiger partial charge in [-0.1, -0.05) is 35.5 Å². The molecule has 0 spiro atoms. The SMILES string of the molecule is COc1ccc(-c2cn(-c3ccn(Cc4ccccc4)n3)nn2)cc1. The van der Waals surface area contributed by atoms with Gasteiger partial charge in [0.1, 0.15) is 11.4 Å². The molecule has 2 aromatic carbocycles. The molecule has 0 bridgehead atoms. The van der Waals surface area contributed by atoms with E-state index in [4.69, 9.17) is 4.74 Å². The molecule has 2 heterocycles. The Morgan fingerprint density at radius 1 is 0.960 bits per heavy atom. The van der Waals surface area contributed by atoms with Gasteiger partial charge < -0.3 is 4.74 Å². The number of nitrogens with zero attached hydrogens (tertiary/aromatic N) is 5. The molecule has 25 heavy (non-hydrogen) atoms. The molecule has 4 rings (SSSR count). The van der Waals surface area contributed by atoms with Crippen LogP contribution in [0.2, 0.25) is 0 Å². The summed E-state index contributed by atoms with van der Waals surface area (Å²) in [7, 11) is 1.65. The highest BCUT2D eigenvalue weighted by molar-refractivity contribution is 5.59. The highest BCUT2D eigenvalue weighted by Crippen LogP contribution is 2.20. The van der Waals surface area contributed by atoms with E-state index in [-0.39, 0.29) is 0 Å². The first-order valence-electron chi connectivity index (χ1n) is 7.96. The van der Waals surface area contributed by atoms with E-state index in [2.05, 4.69) is 27.5 Å². The Hall–Kier alpha value is -3.41. The number of ether oxygens (including phenoxy) is 1. The molecule has 0 N–H and O–H groups in total. The molecule has 124 valence electrons. The number of hydrogen-bond donors (Lipinski definition) is 0. The van der Waals surface area contributed by atoms with Crippen LogP contribution in [0.3, 0.4) is 0 Å². The Kier molecular flexibility index (Phi) is 4.00. The molecule has 6 nitrogen and oxygen atoms in total. The Balaban J connectivity index is 1.54. The average molecular weight is 331 g/mol. The minimum atomic E-state index is 0.723. The third kappa shape index (κ3) is 3.28. The van der Waals surface area contributed by atoms with Crippen LogP contribution in [0.1, 0.15) is 5.56 Å². The Bertz CT molecular complexity index is 957.